The summed E-state index contributed by atoms with van der Waals surface area (Å²) in [4.78, 5) is 13.8. The van der Waals surface area contributed by atoms with E-state index in [-0.39, 0.29) is 23.5 Å². The molecule has 0 saturated carbocycles. The maximum atomic E-state index is 12.3. The Hall–Kier alpha value is -1.60. The molecule has 140 valence electrons. The molecule has 0 aliphatic carbocycles. The van der Waals surface area contributed by atoms with Crippen molar-refractivity contribution in [2.75, 3.05) is 19.7 Å². The molecule has 0 spiro atoms. The molecule has 1 unspecified atom stereocenters. The van der Waals surface area contributed by atoms with E-state index in [9.17, 15) is 13.2 Å². The molecule has 25 heavy (non-hydrogen) atoms. The predicted molar refractivity (Wildman–Crippen MR) is 94.9 cm³/mol. The Balaban J connectivity index is 1.88. The van der Waals surface area contributed by atoms with Crippen molar-refractivity contribution in [2.45, 2.75) is 51.0 Å². The molecule has 1 atom stereocenters. The van der Waals surface area contributed by atoms with E-state index in [1.807, 2.05) is 27.7 Å². The molecular weight excluding hydrogens is 342 g/mol. The van der Waals surface area contributed by atoms with Gasteiger partial charge in [-0.3, -0.25) is 4.18 Å². The summed E-state index contributed by atoms with van der Waals surface area (Å²) >= 11 is 0. The molecule has 7 heteroatoms. The van der Waals surface area contributed by atoms with Gasteiger partial charge in [-0.05, 0) is 51.3 Å². The van der Waals surface area contributed by atoms with E-state index in [1.54, 1.807) is 29.2 Å². The van der Waals surface area contributed by atoms with E-state index < -0.39 is 15.7 Å². The molecule has 1 fully saturated rings. The molecule has 1 aromatic rings. The van der Waals surface area contributed by atoms with E-state index in [0.29, 0.717) is 19.5 Å². The topological polar surface area (TPSA) is 72.9 Å². The number of likely N-dealkylation sites (tertiary alicyclic amines) is 1. The molecule has 2 rings (SSSR count). The van der Waals surface area contributed by atoms with Gasteiger partial charge < -0.3 is 9.64 Å². The Bertz CT molecular complexity index is 691. The maximum absolute atomic E-state index is 12.3. The number of benzene rings is 1. The van der Waals surface area contributed by atoms with Crippen LogP contribution in [0.4, 0.5) is 4.79 Å². The highest BCUT2D eigenvalue weighted by atomic mass is 32.2. The number of nitrogens with zero attached hydrogens (tertiary/aromatic N) is 1. The lowest BCUT2D eigenvalue weighted by Gasteiger charge is -2.24. The van der Waals surface area contributed by atoms with Crippen molar-refractivity contribution in [3.63, 3.8) is 0 Å². The van der Waals surface area contributed by atoms with Crippen molar-refractivity contribution < 1.29 is 22.1 Å². The van der Waals surface area contributed by atoms with Crippen molar-refractivity contribution >= 4 is 16.2 Å². The third-order valence-corrected chi connectivity index (χ3v) is 5.31. The van der Waals surface area contributed by atoms with Gasteiger partial charge in [-0.2, -0.15) is 8.42 Å². The van der Waals surface area contributed by atoms with E-state index in [4.69, 9.17) is 8.92 Å². The van der Waals surface area contributed by atoms with Gasteiger partial charge in [-0.1, -0.05) is 19.1 Å². The van der Waals surface area contributed by atoms with Crippen molar-refractivity contribution in [1.82, 2.24) is 4.90 Å². The van der Waals surface area contributed by atoms with Crippen molar-refractivity contribution in [1.29, 1.82) is 0 Å². The zero-order chi connectivity index (χ0) is 18.7. The summed E-state index contributed by atoms with van der Waals surface area (Å²) in [5, 5.41) is 0. The molecule has 1 saturated heterocycles. The highest BCUT2D eigenvalue weighted by Crippen LogP contribution is 2.22. The second kappa shape index (κ2) is 7.74. The molecule has 1 aliphatic heterocycles. The Labute approximate surface area is 150 Å². The number of aryl methyl sites for hydroxylation is 1. The first-order valence-electron chi connectivity index (χ1n) is 8.57. The maximum Gasteiger partial charge on any atom is 0.410 e. The fourth-order valence-corrected chi connectivity index (χ4v) is 3.58. The highest BCUT2D eigenvalue weighted by Gasteiger charge is 2.31. The van der Waals surface area contributed by atoms with E-state index in [1.165, 1.54) is 0 Å². The summed E-state index contributed by atoms with van der Waals surface area (Å²) in [6, 6.07) is 6.71. The fourth-order valence-electron chi connectivity index (χ4n) is 2.61. The molecule has 1 amide bonds. The second-order valence-electron chi connectivity index (χ2n) is 7.32. The number of rotatable bonds is 5. The molecule has 1 heterocycles. The molecule has 0 aromatic heterocycles. The Morgan fingerprint density at radius 1 is 1.24 bits per heavy atom. The average molecular weight is 369 g/mol. The Morgan fingerprint density at radius 3 is 2.44 bits per heavy atom. The van der Waals surface area contributed by atoms with Crippen molar-refractivity contribution in [2.24, 2.45) is 5.92 Å². The van der Waals surface area contributed by atoms with Gasteiger partial charge in [0.2, 0.25) is 0 Å². The molecule has 1 aromatic carbocycles. The van der Waals surface area contributed by atoms with Crippen LogP contribution in [0.3, 0.4) is 0 Å². The first-order chi connectivity index (χ1) is 11.6. The number of hydrogen-bond acceptors (Lipinski definition) is 5. The van der Waals surface area contributed by atoms with Crippen LogP contribution in [0.5, 0.6) is 0 Å². The van der Waals surface area contributed by atoms with Gasteiger partial charge in [0.25, 0.3) is 10.1 Å². The number of carbonyl (C=O) groups excluding carboxylic acids is 1. The van der Waals surface area contributed by atoms with Gasteiger partial charge in [0, 0.05) is 19.0 Å². The first-order valence-corrected chi connectivity index (χ1v) is 9.98. The lowest BCUT2D eigenvalue weighted by Crippen LogP contribution is -2.35. The van der Waals surface area contributed by atoms with E-state index in [0.717, 1.165) is 12.0 Å². The monoisotopic (exact) mass is 369 g/mol. The van der Waals surface area contributed by atoms with E-state index >= 15 is 0 Å². The highest BCUT2D eigenvalue weighted by molar-refractivity contribution is 7.86. The lowest BCUT2D eigenvalue weighted by molar-refractivity contribution is 0.0285. The van der Waals surface area contributed by atoms with Crippen LogP contribution in [0, 0.1) is 5.92 Å². The van der Waals surface area contributed by atoms with E-state index in [2.05, 4.69) is 0 Å². The zero-order valence-electron chi connectivity index (χ0n) is 15.3. The molecular formula is C18H27NO5S. The third-order valence-electron chi connectivity index (χ3n) is 4.02. The average Bonchev–Trinajstić information content (AvgIpc) is 3.01. The van der Waals surface area contributed by atoms with Crippen LogP contribution >= 0.6 is 0 Å². The standard InChI is InChI=1S/C18H27NO5S/c1-5-14-6-8-16(9-7-14)25(21,22)23-13-15-10-11-19(12-15)17(20)24-18(2,3)4/h6-9,15H,5,10-13H2,1-4H3. The van der Waals surface area contributed by atoms with Gasteiger partial charge in [-0.15, -0.1) is 0 Å². The minimum absolute atomic E-state index is 0.0165. The quantitative estimate of drug-likeness (QED) is 0.745. The van der Waals surface area contributed by atoms with Gasteiger partial charge >= 0.3 is 6.09 Å². The summed E-state index contributed by atoms with van der Waals surface area (Å²) < 4.78 is 35.1. The Morgan fingerprint density at radius 2 is 1.88 bits per heavy atom. The van der Waals surface area contributed by atoms with Crippen LogP contribution in [-0.4, -0.2) is 44.7 Å². The van der Waals surface area contributed by atoms with Gasteiger partial charge in [0.15, 0.2) is 0 Å². The van der Waals surface area contributed by atoms with Crippen LogP contribution < -0.4 is 0 Å². The molecule has 0 N–H and O–H groups in total. The number of amides is 1. The van der Waals surface area contributed by atoms with Crippen LogP contribution in [0.1, 0.15) is 39.7 Å². The molecule has 1 aliphatic rings. The SMILES string of the molecule is CCc1ccc(S(=O)(=O)OCC2CCN(C(=O)OC(C)(C)C)C2)cc1. The summed E-state index contributed by atoms with van der Waals surface area (Å²) in [5.41, 5.74) is 0.530. The zero-order valence-corrected chi connectivity index (χ0v) is 16.1. The first kappa shape index (κ1) is 19.7. The normalized spacial score (nSPS) is 18.4. The minimum atomic E-state index is -3.77. The summed E-state index contributed by atoms with van der Waals surface area (Å²) in [5.74, 6) is -0.0165. The smallest absolute Gasteiger partial charge is 0.410 e. The largest absolute Gasteiger partial charge is 0.444 e. The molecule has 0 bridgehead atoms. The van der Waals surface area contributed by atoms with Gasteiger partial charge in [0.05, 0.1) is 11.5 Å². The van der Waals surface area contributed by atoms with Crippen LogP contribution in [0.2, 0.25) is 0 Å². The number of ether oxygens (including phenoxy) is 1. The molecule has 0 radical (unpaired) electrons. The number of carbonyl (C=O) groups is 1. The van der Waals surface area contributed by atoms with Crippen molar-refractivity contribution in [3.8, 4) is 0 Å². The van der Waals surface area contributed by atoms with Crippen LogP contribution in [0.15, 0.2) is 29.2 Å². The summed E-state index contributed by atoms with van der Waals surface area (Å²) in [6.07, 6.45) is 1.18. The van der Waals surface area contributed by atoms with Gasteiger partial charge in [0.1, 0.15) is 5.60 Å². The van der Waals surface area contributed by atoms with Gasteiger partial charge in [-0.25, -0.2) is 4.79 Å². The Kier molecular flexibility index (Phi) is 6.11. The second-order valence-corrected chi connectivity index (χ2v) is 8.93. The minimum Gasteiger partial charge on any atom is -0.444 e. The summed E-state index contributed by atoms with van der Waals surface area (Å²) in [7, 11) is -3.77. The van der Waals surface area contributed by atoms with Crippen LogP contribution in [-0.2, 0) is 25.5 Å². The van der Waals surface area contributed by atoms with Crippen molar-refractivity contribution in [3.05, 3.63) is 29.8 Å². The predicted octanol–water partition coefficient (Wildman–Crippen LogP) is 3.21. The number of hydrogen-bond donors (Lipinski definition) is 0. The fraction of sp³-hybridized carbons (Fsp3) is 0.611. The van der Waals surface area contributed by atoms with Crippen LogP contribution in [0.25, 0.3) is 0 Å². The third kappa shape index (κ3) is 5.71. The lowest BCUT2D eigenvalue weighted by atomic mass is 10.1. The summed E-state index contributed by atoms with van der Waals surface area (Å²) in [6.45, 7) is 8.52. The molecule has 6 nitrogen and oxygen atoms in total.